The number of rotatable bonds is 5. The minimum atomic E-state index is -0.352. The number of benzene rings is 2. The van der Waals surface area contributed by atoms with E-state index in [0.717, 1.165) is 32.8 Å². The van der Waals surface area contributed by atoms with Crippen LogP contribution in [-0.2, 0) is 4.79 Å². The van der Waals surface area contributed by atoms with Gasteiger partial charge in [0.15, 0.2) is 0 Å². The van der Waals surface area contributed by atoms with Gasteiger partial charge in [0.1, 0.15) is 5.70 Å². The van der Waals surface area contributed by atoms with E-state index in [-0.39, 0.29) is 17.5 Å². The molecule has 1 aromatic heterocycles. The van der Waals surface area contributed by atoms with Crippen molar-refractivity contribution in [1.29, 1.82) is 0 Å². The quantitative estimate of drug-likeness (QED) is 0.560. The van der Waals surface area contributed by atoms with E-state index in [1.54, 1.807) is 18.2 Å². The van der Waals surface area contributed by atoms with Gasteiger partial charge in [-0.3, -0.25) is 9.59 Å². The molecule has 2 N–H and O–H groups in total. The maximum atomic E-state index is 13.1. The molecule has 0 spiro atoms. The van der Waals surface area contributed by atoms with Crippen LogP contribution < -0.4 is 10.6 Å². The van der Waals surface area contributed by atoms with Gasteiger partial charge in [-0.1, -0.05) is 41.5 Å². The van der Waals surface area contributed by atoms with E-state index in [1.165, 1.54) is 11.3 Å². The first-order valence-corrected chi connectivity index (χ1v) is 10.2. The number of anilines is 1. The Bertz CT molecular complexity index is 1060. The van der Waals surface area contributed by atoms with E-state index in [9.17, 15) is 9.59 Å². The molecule has 3 aromatic rings. The lowest BCUT2D eigenvalue weighted by Gasteiger charge is -2.15. The minimum absolute atomic E-state index is 0.207. The Balaban J connectivity index is 1.90. The van der Waals surface area contributed by atoms with Gasteiger partial charge in [0.25, 0.3) is 11.8 Å². The SMILES string of the molecule is Cc1cccc(C(=O)N/C(=C\c2cccs2)C(=O)Nc2c(C)cc(C)cc2C)c1. The molecular weight excluding hydrogens is 380 g/mol. The molecule has 3 rings (SSSR count). The predicted molar refractivity (Wildman–Crippen MR) is 120 cm³/mol. The van der Waals surface area contributed by atoms with E-state index >= 15 is 0 Å². The average molecular weight is 405 g/mol. The highest BCUT2D eigenvalue weighted by Crippen LogP contribution is 2.23. The highest BCUT2D eigenvalue weighted by atomic mass is 32.1. The van der Waals surface area contributed by atoms with Crippen LogP contribution in [-0.4, -0.2) is 11.8 Å². The van der Waals surface area contributed by atoms with Crippen LogP contribution in [0.3, 0.4) is 0 Å². The fourth-order valence-corrected chi connectivity index (χ4v) is 3.87. The molecule has 0 atom stereocenters. The van der Waals surface area contributed by atoms with Gasteiger partial charge >= 0.3 is 0 Å². The second-order valence-corrected chi connectivity index (χ2v) is 8.10. The highest BCUT2D eigenvalue weighted by molar-refractivity contribution is 7.10. The number of carbonyl (C=O) groups excluding carboxylic acids is 2. The summed E-state index contributed by atoms with van der Waals surface area (Å²) in [6.07, 6.45) is 1.70. The first-order chi connectivity index (χ1) is 13.8. The second kappa shape index (κ2) is 8.88. The summed E-state index contributed by atoms with van der Waals surface area (Å²) in [5.74, 6) is -0.668. The third kappa shape index (κ3) is 5.21. The van der Waals surface area contributed by atoms with Crippen molar-refractivity contribution < 1.29 is 9.59 Å². The predicted octanol–water partition coefficient (Wildman–Crippen LogP) is 5.39. The molecule has 5 heteroatoms. The molecule has 148 valence electrons. The van der Waals surface area contributed by atoms with Crippen molar-refractivity contribution in [2.75, 3.05) is 5.32 Å². The Morgan fingerprint density at radius 3 is 2.24 bits per heavy atom. The number of amides is 2. The van der Waals surface area contributed by atoms with E-state index in [4.69, 9.17) is 0 Å². The zero-order valence-corrected chi connectivity index (χ0v) is 17.8. The number of hydrogen-bond acceptors (Lipinski definition) is 3. The first kappa shape index (κ1) is 20.6. The summed E-state index contributed by atoms with van der Waals surface area (Å²) in [6, 6.07) is 15.1. The van der Waals surface area contributed by atoms with Crippen LogP contribution in [0.4, 0.5) is 5.69 Å². The van der Waals surface area contributed by atoms with Crippen molar-refractivity contribution in [3.05, 3.63) is 92.3 Å². The third-order valence-corrected chi connectivity index (χ3v) is 5.34. The summed E-state index contributed by atoms with van der Waals surface area (Å²) in [4.78, 5) is 26.7. The minimum Gasteiger partial charge on any atom is -0.320 e. The molecule has 0 saturated carbocycles. The van der Waals surface area contributed by atoms with Crippen LogP contribution in [0.15, 0.2) is 59.6 Å². The third-order valence-electron chi connectivity index (χ3n) is 4.52. The molecular formula is C24H24N2O2S. The van der Waals surface area contributed by atoms with Gasteiger partial charge < -0.3 is 10.6 Å². The van der Waals surface area contributed by atoms with Gasteiger partial charge in [0.05, 0.1) is 0 Å². The van der Waals surface area contributed by atoms with Crippen molar-refractivity contribution in [3.63, 3.8) is 0 Å². The van der Waals surface area contributed by atoms with E-state index in [0.29, 0.717) is 5.56 Å². The van der Waals surface area contributed by atoms with Gasteiger partial charge in [-0.05, 0) is 68.5 Å². The molecule has 0 radical (unpaired) electrons. The second-order valence-electron chi connectivity index (χ2n) is 7.12. The summed E-state index contributed by atoms with van der Waals surface area (Å²) in [5.41, 5.74) is 5.57. The van der Waals surface area contributed by atoms with E-state index in [2.05, 4.69) is 10.6 Å². The zero-order valence-electron chi connectivity index (χ0n) is 17.0. The lowest BCUT2D eigenvalue weighted by Crippen LogP contribution is -2.31. The largest absolute Gasteiger partial charge is 0.320 e. The van der Waals surface area contributed by atoms with Crippen LogP contribution in [0.5, 0.6) is 0 Å². The van der Waals surface area contributed by atoms with Crippen molar-refractivity contribution in [2.45, 2.75) is 27.7 Å². The van der Waals surface area contributed by atoms with Crippen LogP contribution in [0.1, 0.15) is 37.5 Å². The summed E-state index contributed by atoms with van der Waals surface area (Å²) >= 11 is 1.50. The molecule has 2 aromatic carbocycles. The Labute approximate surface area is 175 Å². The number of aryl methyl sites for hydroxylation is 4. The standard InChI is InChI=1S/C24H24N2O2S/c1-15-7-5-8-19(13-15)23(27)25-21(14-20-9-6-10-29-20)24(28)26-22-17(3)11-16(2)12-18(22)4/h5-14H,1-4H3,(H,25,27)(H,26,28)/b21-14-. The van der Waals surface area contributed by atoms with Crippen LogP contribution in [0, 0.1) is 27.7 Å². The molecule has 0 aliphatic rings. The Kier molecular flexibility index (Phi) is 6.29. The van der Waals surface area contributed by atoms with Gasteiger partial charge in [-0.2, -0.15) is 0 Å². The monoisotopic (exact) mass is 404 g/mol. The molecule has 0 saturated heterocycles. The van der Waals surface area contributed by atoms with Gasteiger partial charge in [-0.25, -0.2) is 0 Å². The smallest absolute Gasteiger partial charge is 0.272 e. The molecule has 1 heterocycles. The molecule has 0 bridgehead atoms. The van der Waals surface area contributed by atoms with Crippen LogP contribution >= 0.6 is 11.3 Å². The molecule has 2 amide bonds. The van der Waals surface area contributed by atoms with Gasteiger partial charge in [0.2, 0.25) is 0 Å². The Morgan fingerprint density at radius 2 is 1.62 bits per heavy atom. The molecule has 0 unspecified atom stereocenters. The summed E-state index contributed by atoms with van der Waals surface area (Å²) in [5, 5.41) is 7.68. The molecule has 0 aliphatic carbocycles. The summed E-state index contributed by atoms with van der Waals surface area (Å²) in [6.45, 7) is 7.87. The summed E-state index contributed by atoms with van der Waals surface area (Å²) < 4.78 is 0. The fourth-order valence-electron chi connectivity index (χ4n) is 3.21. The Hall–Kier alpha value is -3.18. The number of carbonyl (C=O) groups is 2. The van der Waals surface area contributed by atoms with Gasteiger partial charge in [0, 0.05) is 16.1 Å². The molecule has 4 nitrogen and oxygen atoms in total. The van der Waals surface area contributed by atoms with Gasteiger partial charge in [-0.15, -0.1) is 11.3 Å². The lowest BCUT2D eigenvalue weighted by atomic mass is 10.0. The van der Waals surface area contributed by atoms with E-state index < -0.39 is 0 Å². The topological polar surface area (TPSA) is 58.2 Å². The fraction of sp³-hybridized carbons (Fsp3) is 0.167. The molecule has 29 heavy (non-hydrogen) atoms. The maximum Gasteiger partial charge on any atom is 0.272 e. The van der Waals surface area contributed by atoms with Crippen molar-refractivity contribution in [2.24, 2.45) is 0 Å². The number of nitrogens with one attached hydrogen (secondary N) is 2. The molecule has 0 fully saturated rings. The number of hydrogen-bond donors (Lipinski definition) is 2. The average Bonchev–Trinajstić information content (AvgIpc) is 3.17. The maximum absolute atomic E-state index is 13.1. The van der Waals surface area contributed by atoms with Crippen LogP contribution in [0.2, 0.25) is 0 Å². The zero-order chi connectivity index (χ0) is 21.0. The normalized spacial score (nSPS) is 11.2. The first-order valence-electron chi connectivity index (χ1n) is 9.36. The number of thiophene rings is 1. The lowest BCUT2D eigenvalue weighted by molar-refractivity contribution is -0.113. The highest BCUT2D eigenvalue weighted by Gasteiger charge is 2.17. The Morgan fingerprint density at radius 1 is 0.897 bits per heavy atom. The summed E-state index contributed by atoms with van der Waals surface area (Å²) in [7, 11) is 0. The van der Waals surface area contributed by atoms with Crippen molar-refractivity contribution >= 4 is 34.9 Å². The van der Waals surface area contributed by atoms with Crippen molar-refractivity contribution in [1.82, 2.24) is 5.32 Å². The van der Waals surface area contributed by atoms with Crippen LogP contribution in [0.25, 0.3) is 6.08 Å². The molecule has 0 aliphatic heterocycles. The van der Waals surface area contributed by atoms with Crippen molar-refractivity contribution in [3.8, 4) is 0 Å². The van der Waals surface area contributed by atoms with E-state index in [1.807, 2.05) is 69.5 Å².